The Morgan fingerprint density at radius 1 is 1.05 bits per heavy atom. The summed E-state index contributed by atoms with van der Waals surface area (Å²) in [5.41, 5.74) is 3.02. The minimum absolute atomic E-state index is 0.363. The highest BCUT2D eigenvalue weighted by Gasteiger charge is 2.08. The quantitative estimate of drug-likeness (QED) is 0.716. The second-order valence-electron chi connectivity index (χ2n) is 4.09. The second-order valence-corrected chi connectivity index (χ2v) is 4.95. The molecular weight excluding hydrogens is 273 g/mol. The molecule has 0 aliphatic rings. The van der Waals surface area contributed by atoms with E-state index in [9.17, 15) is 4.39 Å². The van der Waals surface area contributed by atoms with Gasteiger partial charge in [-0.25, -0.2) is 9.37 Å². The molecule has 2 aromatic heterocycles. The number of rotatable bonds is 2. The third kappa shape index (κ3) is 2.42. The van der Waals surface area contributed by atoms with Crippen molar-refractivity contribution in [1.82, 2.24) is 9.97 Å². The second kappa shape index (κ2) is 5.19. The van der Waals surface area contributed by atoms with E-state index in [1.165, 1.54) is 23.6 Å². The Balaban J connectivity index is 1.93. The van der Waals surface area contributed by atoms with Crippen LogP contribution in [0.3, 0.4) is 0 Å². The number of pyridine rings is 1. The zero-order valence-corrected chi connectivity index (χ0v) is 11.1. The summed E-state index contributed by atoms with van der Waals surface area (Å²) in [5, 5.41) is 11.4. The van der Waals surface area contributed by atoms with Gasteiger partial charge >= 0.3 is 0 Å². The van der Waals surface area contributed by atoms with Crippen LogP contribution in [0.1, 0.15) is 5.56 Å². The number of nitrogens with zero attached hydrogens (tertiary/aromatic N) is 3. The van der Waals surface area contributed by atoms with Gasteiger partial charge in [-0.15, -0.1) is 11.3 Å². The lowest BCUT2D eigenvalue weighted by Crippen LogP contribution is -1.84. The monoisotopic (exact) mass is 281 g/mol. The summed E-state index contributed by atoms with van der Waals surface area (Å²) in [5.74, 6) is -0.363. The molecule has 0 spiro atoms. The lowest BCUT2D eigenvalue weighted by molar-refractivity contribution is 0.622. The molecule has 0 atom stereocenters. The highest BCUT2D eigenvalue weighted by Crippen LogP contribution is 2.27. The van der Waals surface area contributed by atoms with Crippen LogP contribution in [0.4, 0.5) is 4.39 Å². The van der Waals surface area contributed by atoms with E-state index >= 15 is 0 Å². The van der Waals surface area contributed by atoms with Gasteiger partial charge in [0.15, 0.2) is 0 Å². The third-order valence-corrected chi connectivity index (χ3v) is 3.63. The average Bonchev–Trinajstić information content (AvgIpc) is 2.98. The summed E-state index contributed by atoms with van der Waals surface area (Å²) in [6.07, 6.45) is 1.18. The first kappa shape index (κ1) is 12.5. The summed E-state index contributed by atoms with van der Waals surface area (Å²) >= 11 is 1.45. The molecule has 2 heterocycles. The van der Waals surface area contributed by atoms with E-state index in [1.807, 2.05) is 17.5 Å². The number of halogens is 1. The maximum Gasteiger partial charge on any atom is 0.142 e. The molecule has 0 amide bonds. The molecule has 0 bridgehead atoms. The minimum Gasteiger partial charge on any atom is -0.251 e. The molecule has 0 aliphatic carbocycles. The lowest BCUT2D eigenvalue weighted by Gasteiger charge is -1.97. The van der Waals surface area contributed by atoms with Gasteiger partial charge in [0.1, 0.15) is 10.8 Å². The molecule has 0 N–H and O–H groups in total. The number of aromatic nitrogens is 2. The summed E-state index contributed by atoms with van der Waals surface area (Å²) in [6, 6.07) is 12.3. The Bertz CT molecular complexity index is 770. The van der Waals surface area contributed by atoms with Crippen LogP contribution < -0.4 is 0 Å². The molecule has 3 nitrogen and oxygen atoms in total. The predicted molar refractivity (Wildman–Crippen MR) is 75.5 cm³/mol. The standard InChI is InChI=1S/C15H8FN3S/c16-12-5-6-13(18-8-12)15-19-14(9-20-15)11-3-1-10(7-17)2-4-11/h1-6,8-9H. The molecule has 0 fully saturated rings. The van der Waals surface area contributed by atoms with Crippen LogP contribution in [-0.2, 0) is 0 Å². The van der Waals surface area contributed by atoms with Gasteiger partial charge in [0.2, 0.25) is 0 Å². The van der Waals surface area contributed by atoms with E-state index in [1.54, 1.807) is 18.2 Å². The Kier molecular flexibility index (Phi) is 3.23. The summed E-state index contributed by atoms with van der Waals surface area (Å²) in [4.78, 5) is 8.50. The van der Waals surface area contributed by atoms with Gasteiger partial charge in [0.25, 0.3) is 0 Å². The van der Waals surface area contributed by atoms with Crippen molar-refractivity contribution in [3.8, 4) is 28.0 Å². The van der Waals surface area contributed by atoms with Crippen molar-refractivity contribution in [3.05, 3.63) is 59.4 Å². The van der Waals surface area contributed by atoms with Crippen molar-refractivity contribution in [2.24, 2.45) is 0 Å². The first-order chi connectivity index (χ1) is 9.76. The molecule has 0 radical (unpaired) electrons. The highest BCUT2D eigenvalue weighted by molar-refractivity contribution is 7.13. The summed E-state index contributed by atoms with van der Waals surface area (Å²) in [7, 11) is 0. The molecule has 5 heteroatoms. The van der Waals surface area contributed by atoms with E-state index in [0.29, 0.717) is 11.3 Å². The van der Waals surface area contributed by atoms with Crippen LogP contribution in [0.25, 0.3) is 22.0 Å². The topological polar surface area (TPSA) is 49.6 Å². The van der Waals surface area contributed by atoms with Crippen LogP contribution >= 0.6 is 11.3 Å². The fourth-order valence-electron chi connectivity index (χ4n) is 1.74. The van der Waals surface area contributed by atoms with Gasteiger partial charge in [-0.2, -0.15) is 5.26 Å². The zero-order valence-electron chi connectivity index (χ0n) is 10.2. The van der Waals surface area contributed by atoms with Crippen molar-refractivity contribution in [2.75, 3.05) is 0 Å². The summed E-state index contributed by atoms with van der Waals surface area (Å²) in [6.45, 7) is 0. The lowest BCUT2D eigenvalue weighted by atomic mass is 10.1. The van der Waals surface area contributed by atoms with E-state index in [2.05, 4.69) is 16.0 Å². The average molecular weight is 281 g/mol. The molecule has 0 unspecified atom stereocenters. The number of thiazole rings is 1. The molecule has 96 valence electrons. The van der Waals surface area contributed by atoms with Crippen LogP contribution in [-0.4, -0.2) is 9.97 Å². The fourth-order valence-corrected chi connectivity index (χ4v) is 2.55. The van der Waals surface area contributed by atoms with Gasteiger partial charge in [-0.1, -0.05) is 12.1 Å². The van der Waals surface area contributed by atoms with E-state index in [-0.39, 0.29) is 5.82 Å². The third-order valence-electron chi connectivity index (χ3n) is 2.76. The molecule has 1 aromatic carbocycles. The molecule has 0 saturated carbocycles. The predicted octanol–water partition coefficient (Wildman–Crippen LogP) is 3.88. The Hall–Kier alpha value is -2.58. The van der Waals surface area contributed by atoms with Crippen molar-refractivity contribution in [3.63, 3.8) is 0 Å². The van der Waals surface area contributed by atoms with Crippen molar-refractivity contribution in [1.29, 1.82) is 5.26 Å². The first-order valence-electron chi connectivity index (χ1n) is 5.84. The fraction of sp³-hybridized carbons (Fsp3) is 0. The van der Waals surface area contributed by atoms with Gasteiger partial charge in [-0.3, -0.25) is 4.98 Å². The first-order valence-corrected chi connectivity index (χ1v) is 6.72. The molecule has 0 aliphatic heterocycles. The minimum atomic E-state index is -0.363. The molecule has 0 saturated heterocycles. The number of hydrogen-bond donors (Lipinski definition) is 0. The van der Waals surface area contributed by atoms with Crippen molar-refractivity contribution < 1.29 is 4.39 Å². The van der Waals surface area contributed by atoms with Gasteiger partial charge < -0.3 is 0 Å². The highest BCUT2D eigenvalue weighted by atomic mass is 32.1. The van der Waals surface area contributed by atoms with Crippen LogP contribution in [0.15, 0.2) is 48.0 Å². The van der Waals surface area contributed by atoms with Crippen LogP contribution in [0.2, 0.25) is 0 Å². The van der Waals surface area contributed by atoms with Crippen molar-refractivity contribution in [2.45, 2.75) is 0 Å². The van der Waals surface area contributed by atoms with Crippen molar-refractivity contribution >= 4 is 11.3 Å². The Morgan fingerprint density at radius 3 is 2.50 bits per heavy atom. The van der Waals surface area contributed by atoms with Gasteiger partial charge in [0.05, 0.1) is 29.2 Å². The molecule has 3 aromatic rings. The number of hydrogen-bond acceptors (Lipinski definition) is 4. The maximum absolute atomic E-state index is 12.8. The Morgan fingerprint density at radius 2 is 1.85 bits per heavy atom. The van der Waals surface area contributed by atoms with E-state index in [0.717, 1.165) is 16.3 Å². The van der Waals surface area contributed by atoms with Gasteiger partial charge in [-0.05, 0) is 24.3 Å². The van der Waals surface area contributed by atoms with Gasteiger partial charge in [0, 0.05) is 10.9 Å². The van der Waals surface area contributed by atoms with E-state index < -0.39 is 0 Å². The Labute approximate surface area is 119 Å². The molecular formula is C15H8FN3S. The largest absolute Gasteiger partial charge is 0.251 e. The van der Waals surface area contributed by atoms with Crippen LogP contribution in [0, 0.1) is 17.1 Å². The molecule has 20 heavy (non-hydrogen) atoms. The van der Waals surface area contributed by atoms with E-state index in [4.69, 9.17) is 5.26 Å². The normalized spacial score (nSPS) is 10.2. The smallest absolute Gasteiger partial charge is 0.142 e. The van der Waals surface area contributed by atoms with Crippen LogP contribution in [0.5, 0.6) is 0 Å². The molecule has 3 rings (SSSR count). The number of benzene rings is 1. The summed E-state index contributed by atoms with van der Waals surface area (Å²) < 4.78 is 12.8. The maximum atomic E-state index is 12.8. The zero-order chi connectivity index (χ0) is 13.9. The number of nitriles is 1. The SMILES string of the molecule is N#Cc1ccc(-c2csc(-c3ccc(F)cn3)n2)cc1.